The van der Waals surface area contributed by atoms with E-state index >= 15 is 0 Å². The monoisotopic (exact) mass is 836 g/mol. The Morgan fingerprint density at radius 2 is 0.931 bits per heavy atom. The Morgan fingerprint density at radius 3 is 1.38 bits per heavy atom. The van der Waals surface area contributed by atoms with Crippen LogP contribution in [0.1, 0.15) is 181 Å². The fourth-order valence-corrected chi connectivity index (χ4v) is 6.61. The van der Waals surface area contributed by atoms with E-state index in [0.717, 1.165) is 38.5 Å². The second-order valence-corrected chi connectivity index (χ2v) is 17.8. The van der Waals surface area contributed by atoms with E-state index in [4.69, 9.17) is 18.5 Å². The molecule has 58 heavy (non-hydrogen) atoms. The van der Waals surface area contributed by atoms with E-state index in [-0.39, 0.29) is 26.1 Å². The standard InChI is InChI=1S/C48H86NO8P/c1-6-8-10-12-14-16-18-20-22-24-26-28-30-32-34-36-38-40-47(50)54-44-46(45-56-58(52,53)55-43-42-49(3,4)5)57-48(51)41-39-37-35-33-31-29-27-25-23-21-19-17-15-13-11-9-7-2/h21,23,26-29,32-35,46H,6-20,22,24-25,30-31,36-45H2,1-5H3/b23-21+,28-26+,29-27+,34-32+,35-33+/t46-/m1/s1. The van der Waals surface area contributed by atoms with Crippen LogP contribution in [-0.4, -0.2) is 70.0 Å². The van der Waals surface area contributed by atoms with Crippen LogP contribution in [0.2, 0.25) is 0 Å². The van der Waals surface area contributed by atoms with Gasteiger partial charge in [-0.05, 0) is 70.6 Å². The Labute approximate surface area is 356 Å². The van der Waals surface area contributed by atoms with Crippen LogP contribution < -0.4 is 4.89 Å². The number of phosphoric ester groups is 1. The molecular weight excluding hydrogens is 750 g/mol. The molecular formula is C48H86NO8P. The molecule has 10 heteroatoms. The Kier molecular flexibility index (Phi) is 38.5. The van der Waals surface area contributed by atoms with E-state index in [0.29, 0.717) is 30.3 Å². The molecule has 0 saturated heterocycles. The predicted octanol–water partition coefficient (Wildman–Crippen LogP) is 12.6. The van der Waals surface area contributed by atoms with Gasteiger partial charge in [0.1, 0.15) is 19.8 Å². The zero-order valence-corrected chi connectivity index (χ0v) is 38.6. The minimum Gasteiger partial charge on any atom is -0.756 e. The second-order valence-electron chi connectivity index (χ2n) is 16.4. The molecule has 0 heterocycles. The zero-order valence-electron chi connectivity index (χ0n) is 37.7. The molecule has 0 radical (unpaired) electrons. The molecule has 0 spiro atoms. The number of carbonyl (C=O) groups is 2. The van der Waals surface area contributed by atoms with Crippen molar-refractivity contribution in [3.8, 4) is 0 Å². The molecule has 0 aromatic rings. The first-order chi connectivity index (χ1) is 28.0. The van der Waals surface area contributed by atoms with Crippen molar-refractivity contribution in [1.29, 1.82) is 0 Å². The Balaban J connectivity index is 4.49. The number of carbonyl (C=O) groups excluding carboxylic acids is 2. The summed E-state index contributed by atoms with van der Waals surface area (Å²) in [6, 6.07) is 0. The fraction of sp³-hybridized carbons (Fsp3) is 0.750. The van der Waals surface area contributed by atoms with Crippen molar-refractivity contribution in [2.24, 2.45) is 0 Å². The number of hydrogen-bond acceptors (Lipinski definition) is 8. The van der Waals surface area contributed by atoms with E-state index in [1.807, 2.05) is 27.2 Å². The highest BCUT2D eigenvalue weighted by atomic mass is 31.2. The van der Waals surface area contributed by atoms with Gasteiger partial charge in [0.15, 0.2) is 6.10 Å². The molecule has 0 saturated carbocycles. The lowest BCUT2D eigenvalue weighted by Crippen LogP contribution is -2.37. The van der Waals surface area contributed by atoms with Crippen molar-refractivity contribution >= 4 is 19.8 Å². The Morgan fingerprint density at radius 1 is 0.534 bits per heavy atom. The Bertz CT molecular complexity index is 1170. The summed E-state index contributed by atoms with van der Waals surface area (Å²) in [7, 11) is 1.11. The number of nitrogens with zero attached hydrogens (tertiary/aromatic N) is 1. The molecule has 0 aromatic heterocycles. The fourth-order valence-electron chi connectivity index (χ4n) is 5.89. The molecule has 336 valence electrons. The normalized spacial score (nSPS) is 14.1. The van der Waals surface area contributed by atoms with Crippen molar-refractivity contribution in [3.05, 3.63) is 60.8 Å². The van der Waals surface area contributed by atoms with Crippen LogP contribution in [0, 0.1) is 0 Å². The third-order valence-corrected chi connectivity index (χ3v) is 10.5. The minimum absolute atomic E-state index is 0.0481. The van der Waals surface area contributed by atoms with E-state index in [2.05, 4.69) is 68.5 Å². The summed E-state index contributed by atoms with van der Waals surface area (Å²) in [6.07, 6.45) is 48.4. The lowest BCUT2D eigenvalue weighted by atomic mass is 10.1. The number of likely N-dealkylation sites (N-methyl/N-ethyl adjacent to an activating group) is 1. The van der Waals surface area contributed by atoms with Crippen LogP contribution >= 0.6 is 7.82 Å². The highest BCUT2D eigenvalue weighted by Crippen LogP contribution is 2.38. The van der Waals surface area contributed by atoms with E-state index in [1.54, 1.807) is 0 Å². The van der Waals surface area contributed by atoms with Crippen molar-refractivity contribution in [2.45, 2.75) is 187 Å². The van der Waals surface area contributed by atoms with Gasteiger partial charge in [-0.15, -0.1) is 0 Å². The predicted molar refractivity (Wildman–Crippen MR) is 240 cm³/mol. The van der Waals surface area contributed by atoms with Crippen LogP contribution in [0.5, 0.6) is 0 Å². The molecule has 0 bridgehead atoms. The summed E-state index contributed by atoms with van der Waals surface area (Å²) >= 11 is 0. The van der Waals surface area contributed by atoms with Crippen molar-refractivity contribution < 1.29 is 42.1 Å². The number of allylic oxidation sites excluding steroid dienone is 10. The van der Waals surface area contributed by atoms with Crippen LogP contribution in [0.25, 0.3) is 0 Å². The lowest BCUT2D eigenvalue weighted by molar-refractivity contribution is -0.870. The van der Waals surface area contributed by atoms with Gasteiger partial charge in [0.25, 0.3) is 7.82 Å². The number of quaternary nitrogens is 1. The van der Waals surface area contributed by atoms with Crippen molar-refractivity contribution in [2.75, 3.05) is 47.5 Å². The van der Waals surface area contributed by atoms with Crippen LogP contribution in [0.15, 0.2) is 60.8 Å². The highest BCUT2D eigenvalue weighted by Gasteiger charge is 2.21. The maximum absolute atomic E-state index is 12.7. The number of unbranched alkanes of at least 4 members (excludes halogenated alkanes) is 17. The summed E-state index contributed by atoms with van der Waals surface area (Å²) in [5.74, 6) is -0.951. The molecule has 0 amide bonds. The SMILES string of the molecule is CCCCCCCC/C=C/C/C=C/C/C=C/CCCC(=O)O[C@H](COC(=O)CCC/C=C/C/C=C/CCCCCCCCCCC)COP(=O)([O-])OCC[N+](C)(C)C. The lowest BCUT2D eigenvalue weighted by Gasteiger charge is -2.28. The summed E-state index contributed by atoms with van der Waals surface area (Å²) in [4.78, 5) is 37.5. The molecule has 0 N–H and O–H groups in total. The number of rotatable bonds is 41. The van der Waals surface area contributed by atoms with Gasteiger partial charge in [-0.1, -0.05) is 158 Å². The van der Waals surface area contributed by atoms with Crippen LogP contribution in [0.3, 0.4) is 0 Å². The maximum Gasteiger partial charge on any atom is 0.306 e. The molecule has 0 aromatic carbocycles. The third-order valence-electron chi connectivity index (χ3n) is 9.51. The average Bonchev–Trinajstić information content (AvgIpc) is 3.17. The maximum atomic E-state index is 12.7. The third kappa shape index (κ3) is 43.3. The minimum atomic E-state index is -4.65. The highest BCUT2D eigenvalue weighted by molar-refractivity contribution is 7.45. The quantitative estimate of drug-likeness (QED) is 0.0197. The molecule has 0 aliphatic heterocycles. The topological polar surface area (TPSA) is 111 Å². The molecule has 9 nitrogen and oxygen atoms in total. The van der Waals surface area contributed by atoms with Gasteiger partial charge < -0.3 is 27.9 Å². The molecule has 0 rings (SSSR count). The number of esters is 2. The Hall–Kier alpha value is -2.29. The van der Waals surface area contributed by atoms with Gasteiger partial charge in [-0.3, -0.25) is 14.2 Å². The molecule has 0 aliphatic carbocycles. The van der Waals surface area contributed by atoms with E-state index < -0.39 is 32.5 Å². The molecule has 2 atom stereocenters. The first-order valence-corrected chi connectivity index (χ1v) is 24.5. The van der Waals surface area contributed by atoms with Gasteiger partial charge >= 0.3 is 11.9 Å². The van der Waals surface area contributed by atoms with Gasteiger partial charge in [0.2, 0.25) is 0 Å². The molecule has 1 unspecified atom stereocenters. The first kappa shape index (κ1) is 55.7. The summed E-state index contributed by atoms with van der Waals surface area (Å²) in [5, 5.41) is 0. The summed E-state index contributed by atoms with van der Waals surface area (Å²) in [5.41, 5.74) is 0. The van der Waals surface area contributed by atoms with Crippen molar-refractivity contribution in [1.82, 2.24) is 0 Å². The number of hydrogen-bond donors (Lipinski definition) is 0. The van der Waals surface area contributed by atoms with E-state index in [1.165, 1.54) is 96.3 Å². The largest absolute Gasteiger partial charge is 0.756 e. The average molecular weight is 836 g/mol. The van der Waals surface area contributed by atoms with Gasteiger partial charge in [-0.25, -0.2) is 0 Å². The van der Waals surface area contributed by atoms with Crippen molar-refractivity contribution in [3.63, 3.8) is 0 Å². The number of ether oxygens (including phenoxy) is 2. The van der Waals surface area contributed by atoms with E-state index in [9.17, 15) is 19.0 Å². The smallest absolute Gasteiger partial charge is 0.306 e. The van der Waals surface area contributed by atoms with Gasteiger partial charge in [0.05, 0.1) is 27.7 Å². The van der Waals surface area contributed by atoms with Gasteiger partial charge in [0, 0.05) is 12.8 Å². The summed E-state index contributed by atoms with van der Waals surface area (Å²) < 4.78 is 33.8. The van der Waals surface area contributed by atoms with Crippen LogP contribution in [0.4, 0.5) is 0 Å². The summed E-state index contributed by atoms with van der Waals surface area (Å²) in [6.45, 7) is 4.11. The zero-order chi connectivity index (χ0) is 42.8. The van der Waals surface area contributed by atoms with Crippen LogP contribution in [-0.2, 0) is 32.7 Å². The first-order valence-electron chi connectivity index (χ1n) is 23.0. The van der Waals surface area contributed by atoms with Gasteiger partial charge in [-0.2, -0.15) is 0 Å². The second kappa shape index (κ2) is 40.1. The molecule has 0 fully saturated rings. The number of phosphoric acid groups is 1. The molecule has 0 aliphatic rings.